The van der Waals surface area contributed by atoms with Crippen molar-refractivity contribution in [1.29, 1.82) is 0 Å². The minimum Gasteiger partial charge on any atom is -0.497 e. The predicted octanol–water partition coefficient (Wildman–Crippen LogP) is 2.07. The third kappa shape index (κ3) is 3.51. The van der Waals surface area contributed by atoms with Crippen molar-refractivity contribution >= 4 is 5.97 Å². The highest BCUT2D eigenvalue weighted by molar-refractivity contribution is 5.74. The number of hydrogen-bond acceptors (Lipinski definition) is 4. The van der Waals surface area contributed by atoms with E-state index in [1.54, 1.807) is 7.11 Å². The zero-order valence-corrected chi connectivity index (χ0v) is 14.0. The zero-order chi connectivity index (χ0) is 16.4. The van der Waals surface area contributed by atoms with Crippen LogP contribution in [0.2, 0.25) is 0 Å². The Kier molecular flexibility index (Phi) is 4.60. The number of aliphatic carboxylic acids is 1. The number of hydrogen-bond donors (Lipinski definition) is 1. The van der Waals surface area contributed by atoms with E-state index in [1.165, 1.54) is 5.56 Å². The summed E-state index contributed by atoms with van der Waals surface area (Å²) in [5, 5.41) is 9.33. The number of carbonyl (C=O) groups is 1. The highest BCUT2D eigenvalue weighted by Gasteiger charge is 2.46. The topological polar surface area (TPSA) is 53.0 Å². The predicted molar refractivity (Wildman–Crippen MR) is 88.6 cm³/mol. The van der Waals surface area contributed by atoms with Crippen LogP contribution < -0.4 is 4.74 Å². The van der Waals surface area contributed by atoms with E-state index in [0.29, 0.717) is 0 Å². The minimum absolute atomic E-state index is 0.197. The molecule has 5 heteroatoms. The molecule has 0 saturated carbocycles. The van der Waals surface area contributed by atoms with E-state index in [1.807, 2.05) is 24.1 Å². The second-order valence-electron chi connectivity index (χ2n) is 7.10. The fourth-order valence-electron chi connectivity index (χ4n) is 4.12. The first-order valence-corrected chi connectivity index (χ1v) is 8.30. The van der Waals surface area contributed by atoms with E-state index in [2.05, 4.69) is 17.0 Å². The summed E-state index contributed by atoms with van der Waals surface area (Å²) in [6.07, 6.45) is 2.97. The summed E-state index contributed by atoms with van der Waals surface area (Å²) < 4.78 is 5.29. The van der Waals surface area contributed by atoms with E-state index in [4.69, 9.17) is 4.74 Å². The number of likely N-dealkylation sites (tertiary alicyclic amines) is 2. The number of methoxy groups -OCH3 is 1. The summed E-state index contributed by atoms with van der Waals surface area (Å²) in [7, 11) is 3.63. The maximum absolute atomic E-state index is 11.3. The van der Waals surface area contributed by atoms with Gasteiger partial charge in [0.2, 0.25) is 0 Å². The lowest BCUT2D eigenvalue weighted by Gasteiger charge is -2.39. The van der Waals surface area contributed by atoms with Crippen molar-refractivity contribution in [2.75, 3.05) is 33.8 Å². The van der Waals surface area contributed by atoms with Gasteiger partial charge in [0.05, 0.1) is 7.11 Å². The van der Waals surface area contributed by atoms with E-state index >= 15 is 0 Å². The van der Waals surface area contributed by atoms with Crippen molar-refractivity contribution in [1.82, 2.24) is 9.80 Å². The van der Waals surface area contributed by atoms with Gasteiger partial charge in [-0.2, -0.15) is 0 Å². The standard InChI is InChI=1S/C18H26N2O3/c1-19-13-18(11-16(19)17(21)22)6-8-20(9-7-18)12-14-4-3-5-15(10-14)23-2/h3-5,10,16H,6-9,11-13H2,1-2H3,(H,21,22)/t16-/m1/s1. The molecule has 1 aromatic carbocycles. The van der Waals surface area contributed by atoms with Crippen LogP contribution in [-0.4, -0.2) is 60.7 Å². The maximum Gasteiger partial charge on any atom is 0.320 e. The lowest BCUT2D eigenvalue weighted by molar-refractivity contribution is -0.141. The van der Waals surface area contributed by atoms with E-state index in [0.717, 1.165) is 51.2 Å². The van der Waals surface area contributed by atoms with Crippen LogP contribution in [0, 0.1) is 5.41 Å². The average Bonchev–Trinajstić information content (AvgIpc) is 2.87. The fourth-order valence-corrected chi connectivity index (χ4v) is 4.12. The number of likely N-dealkylation sites (N-methyl/N-ethyl adjacent to an activating group) is 1. The van der Waals surface area contributed by atoms with Gasteiger partial charge in [-0.15, -0.1) is 0 Å². The Hall–Kier alpha value is -1.59. The van der Waals surface area contributed by atoms with Gasteiger partial charge in [-0.1, -0.05) is 12.1 Å². The fraction of sp³-hybridized carbons (Fsp3) is 0.611. The molecule has 3 rings (SSSR count). The van der Waals surface area contributed by atoms with Crippen LogP contribution in [0.1, 0.15) is 24.8 Å². The summed E-state index contributed by atoms with van der Waals surface area (Å²) in [5.74, 6) is 0.223. The van der Waals surface area contributed by atoms with Gasteiger partial charge in [0.25, 0.3) is 0 Å². The van der Waals surface area contributed by atoms with Gasteiger partial charge in [-0.3, -0.25) is 14.6 Å². The molecular formula is C18H26N2O3. The summed E-state index contributed by atoms with van der Waals surface area (Å²) in [5.41, 5.74) is 1.47. The van der Waals surface area contributed by atoms with E-state index in [-0.39, 0.29) is 11.5 Å². The highest BCUT2D eigenvalue weighted by atomic mass is 16.5. The zero-order valence-electron chi connectivity index (χ0n) is 14.0. The molecule has 2 aliphatic heterocycles. The summed E-state index contributed by atoms with van der Waals surface area (Å²) in [6.45, 7) is 3.93. The number of ether oxygens (including phenoxy) is 1. The molecule has 1 aromatic rings. The van der Waals surface area contributed by atoms with Crippen molar-refractivity contribution < 1.29 is 14.6 Å². The Morgan fingerprint density at radius 1 is 1.39 bits per heavy atom. The van der Waals surface area contributed by atoms with Crippen molar-refractivity contribution in [3.8, 4) is 5.75 Å². The number of piperidine rings is 1. The first-order valence-electron chi connectivity index (χ1n) is 8.30. The van der Waals surface area contributed by atoms with Gasteiger partial charge in [-0.05, 0) is 62.5 Å². The summed E-state index contributed by atoms with van der Waals surface area (Å²) >= 11 is 0. The summed E-state index contributed by atoms with van der Waals surface area (Å²) in [6, 6.07) is 7.92. The second-order valence-corrected chi connectivity index (χ2v) is 7.10. The molecule has 2 aliphatic rings. The first-order chi connectivity index (χ1) is 11.0. The van der Waals surface area contributed by atoms with E-state index in [9.17, 15) is 9.90 Å². The third-order valence-electron chi connectivity index (χ3n) is 5.49. The van der Waals surface area contributed by atoms with Gasteiger partial charge in [0.15, 0.2) is 0 Å². The molecule has 5 nitrogen and oxygen atoms in total. The monoisotopic (exact) mass is 318 g/mol. The molecule has 2 saturated heterocycles. The smallest absolute Gasteiger partial charge is 0.320 e. The molecule has 0 amide bonds. The first kappa shape index (κ1) is 16.3. The molecule has 0 radical (unpaired) electrons. The number of rotatable bonds is 4. The third-order valence-corrected chi connectivity index (χ3v) is 5.49. The van der Waals surface area contributed by atoms with Crippen LogP contribution in [0.15, 0.2) is 24.3 Å². The Morgan fingerprint density at radius 2 is 2.13 bits per heavy atom. The van der Waals surface area contributed by atoms with Gasteiger partial charge < -0.3 is 9.84 Å². The van der Waals surface area contributed by atoms with Crippen LogP contribution in [0.3, 0.4) is 0 Å². The SMILES string of the molecule is COc1cccc(CN2CCC3(CC2)C[C@H](C(=O)O)N(C)C3)c1. The maximum atomic E-state index is 11.3. The molecule has 0 aliphatic carbocycles. The number of carboxylic acids is 1. The van der Waals surface area contributed by atoms with Crippen molar-refractivity contribution in [2.24, 2.45) is 5.41 Å². The van der Waals surface area contributed by atoms with Gasteiger partial charge in [0.1, 0.15) is 11.8 Å². The molecule has 0 aromatic heterocycles. The molecule has 1 atom stereocenters. The molecule has 0 unspecified atom stereocenters. The second kappa shape index (κ2) is 6.49. The largest absolute Gasteiger partial charge is 0.497 e. The molecule has 1 spiro atoms. The van der Waals surface area contributed by atoms with Crippen LogP contribution in [0.25, 0.3) is 0 Å². The van der Waals surface area contributed by atoms with Crippen molar-refractivity contribution in [3.63, 3.8) is 0 Å². The Balaban J connectivity index is 1.57. The minimum atomic E-state index is -0.678. The average molecular weight is 318 g/mol. The van der Waals surface area contributed by atoms with Crippen LogP contribution in [0.4, 0.5) is 0 Å². The van der Waals surface area contributed by atoms with Gasteiger partial charge in [-0.25, -0.2) is 0 Å². The number of benzene rings is 1. The van der Waals surface area contributed by atoms with Crippen LogP contribution in [0.5, 0.6) is 5.75 Å². The molecule has 23 heavy (non-hydrogen) atoms. The van der Waals surface area contributed by atoms with Gasteiger partial charge >= 0.3 is 5.97 Å². The molecule has 2 heterocycles. The van der Waals surface area contributed by atoms with Crippen molar-refractivity contribution in [3.05, 3.63) is 29.8 Å². The van der Waals surface area contributed by atoms with E-state index < -0.39 is 5.97 Å². The molecule has 126 valence electrons. The Labute approximate surface area is 137 Å². The molecular weight excluding hydrogens is 292 g/mol. The number of carboxylic acid groups (broad SMARTS) is 1. The molecule has 2 fully saturated rings. The van der Waals surface area contributed by atoms with Crippen LogP contribution in [-0.2, 0) is 11.3 Å². The lowest BCUT2D eigenvalue weighted by Crippen LogP contribution is -2.40. The Bertz CT molecular complexity index is 567. The van der Waals surface area contributed by atoms with Gasteiger partial charge in [0, 0.05) is 13.1 Å². The van der Waals surface area contributed by atoms with Crippen LogP contribution >= 0.6 is 0 Å². The lowest BCUT2D eigenvalue weighted by atomic mass is 9.76. The highest BCUT2D eigenvalue weighted by Crippen LogP contribution is 2.43. The normalized spacial score (nSPS) is 24.9. The number of nitrogens with zero attached hydrogens (tertiary/aromatic N) is 2. The van der Waals surface area contributed by atoms with Crippen molar-refractivity contribution in [2.45, 2.75) is 31.8 Å². The molecule has 1 N–H and O–H groups in total. The quantitative estimate of drug-likeness (QED) is 0.921. The summed E-state index contributed by atoms with van der Waals surface area (Å²) in [4.78, 5) is 15.8. The molecule has 0 bridgehead atoms. The Morgan fingerprint density at radius 3 is 2.74 bits per heavy atom.